The number of aromatic nitrogens is 2. The van der Waals surface area contributed by atoms with Gasteiger partial charge in [0.25, 0.3) is 0 Å². The predicted octanol–water partition coefficient (Wildman–Crippen LogP) is 2.71. The number of carbonyl (C=O) groups is 1. The normalized spacial score (nSPS) is 26.0. The highest BCUT2D eigenvalue weighted by Crippen LogP contribution is 2.40. The van der Waals surface area contributed by atoms with E-state index in [4.69, 9.17) is 22.4 Å². The molecule has 0 radical (unpaired) electrons. The van der Waals surface area contributed by atoms with Crippen LogP contribution in [-0.4, -0.2) is 39.9 Å². The Morgan fingerprint density at radius 3 is 2.76 bits per heavy atom. The minimum Gasteiger partial charge on any atom is -0.449 e. The molecular formula is C20H23ClN4O4. The summed E-state index contributed by atoms with van der Waals surface area (Å²) in [6.07, 6.45) is 5.52. The zero-order chi connectivity index (χ0) is 20.9. The molecular weight excluding hydrogens is 396 g/mol. The van der Waals surface area contributed by atoms with Crippen LogP contribution in [0.2, 0.25) is 5.02 Å². The van der Waals surface area contributed by atoms with Crippen molar-refractivity contribution < 1.29 is 14.6 Å². The highest BCUT2D eigenvalue weighted by Gasteiger charge is 2.41. The maximum atomic E-state index is 12.7. The summed E-state index contributed by atoms with van der Waals surface area (Å²) in [6.45, 7) is 6.08. The van der Waals surface area contributed by atoms with E-state index in [1.165, 1.54) is 12.4 Å². The number of pyridine rings is 2. The number of rotatable bonds is 3. The Labute approximate surface area is 172 Å². The Morgan fingerprint density at radius 1 is 1.38 bits per heavy atom. The van der Waals surface area contributed by atoms with Gasteiger partial charge in [-0.2, -0.15) is 0 Å². The monoisotopic (exact) mass is 418 g/mol. The fourth-order valence-electron chi connectivity index (χ4n) is 4.53. The number of allylic oxidation sites excluding steroid dienone is 1. The first-order valence-electron chi connectivity index (χ1n) is 9.63. The number of hydrogen-bond donors (Lipinski definition) is 2. The smallest absolute Gasteiger partial charge is 0.449 e. The number of carboxylic acid groups (broad SMARTS) is 1. The molecule has 3 N–H and O–H groups in total. The van der Waals surface area contributed by atoms with E-state index in [1.807, 2.05) is 6.92 Å². The fraction of sp³-hybridized carbons (Fsp3) is 0.450. The van der Waals surface area contributed by atoms with E-state index in [0.717, 1.165) is 13.1 Å². The first-order valence-corrected chi connectivity index (χ1v) is 10.0. The van der Waals surface area contributed by atoms with Crippen LogP contribution in [0.25, 0.3) is 10.9 Å². The molecule has 1 aliphatic heterocycles. The van der Waals surface area contributed by atoms with Crippen LogP contribution in [-0.2, 0) is 6.54 Å². The van der Waals surface area contributed by atoms with Crippen molar-refractivity contribution in [1.82, 2.24) is 9.55 Å². The number of ether oxygens (including phenoxy) is 1. The molecule has 1 saturated heterocycles. The zero-order valence-electron chi connectivity index (χ0n) is 16.2. The summed E-state index contributed by atoms with van der Waals surface area (Å²) in [6, 6.07) is 0.00461. The quantitative estimate of drug-likeness (QED) is 0.582. The third kappa shape index (κ3) is 3.26. The highest BCUT2D eigenvalue weighted by molar-refractivity contribution is 6.37. The fourth-order valence-corrected chi connectivity index (χ4v) is 4.91. The van der Waals surface area contributed by atoms with Crippen LogP contribution in [0.4, 0.5) is 10.6 Å². The van der Waals surface area contributed by atoms with Gasteiger partial charge in [0.15, 0.2) is 5.75 Å². The second-order valence-corrected chi connectivity index (χ2v) is 8.07. The van der Waals surface area contributed by atoms with Gasteiger partial charge in [-0.05, 0) is 18.8 Å². The van der Waals surface area contributed by atoms with Crippen LogP contribution in [0.5, 0.6) is 5.75 Å². The molecule has 1 aliphatic carbocycles. The number of aryl methyl sites for hydroxylation is 1. The largest absolute Gasteiger partial charge is 0.511 e. The molecule has 0 spiro atoms. The summed E-state index contributed by atoms with van der Waals surface area (Å²) in [4.78, 5) is 30.2. The molecule has 0 bridgehead atoms. The van der Waals surface area contributed by atoms with Crippen LogP contribution in [0.3, 0.4) is 0 Å². The summed E-state index contributed by atoms with van der Waals surface area (Å²) in [5, 5.41) is 9.48. The molecule has 2 aromatic heterocycles. The second kappa shape index (κ2) is 7.35. The van der Waals surface area contributed by atoms with Gasteiger partial charge in [-0.15, -0.1) is 0 Å². The number of fused-ring (bicyclic) bond motifs is 2. The first-order chi connectivity index (χ1) is 13.8. The van der Waals surface area contributed by atoms with Crippen molar-refractivity contribution >= 4 is 34.5 Å². The van der Waals surface area contributed by atoms with Crippen molar-refractivity contribution in [3.63, 3.8) is 0 Å². The Bertz CT molecular complexity index is 1050. The lowest BCUT2D eigenvalue weighted by Crippen LogP contribution is -2.38. The molecule has 4 rings (SSSR count). The molecule has 3 heterocycles. The molecule has 0 aromatic carbocycles. The molecule has 1 fully saturated rings. The van der Waals surface area contributed by atoms with E-state index in [1.54, 1.807) is 4.57 Å². The molecule has 29 heavy (non-hydrogen) atoms. The minimum absolute atomic E-state index is 0.00461. The van der Waals surface area contributed by atoms with E-state index >= 15 is 0 Å². The maximum absolute atomic E-state index is 12.7. The number of hydrogen-bond acceptors (Lipinski definition) is 6. The first kappa shape index (κ1) is 19.7. The van der Waals surface area contributed by atoms with Crippen molar-refractivity contribution in [2.24, 2.45) is 23.5 Å². The van der Waals surface area contributed by atoms with Crippen molar-refractivity contribution in [3.05, 3.63) is 39.8 Å². The van der Waals surface area contributed by atoms with Crippen molar-refractivity contribution in [1.29, 1.82) is 0 Å². The van der Waals surface area contributed by atoms with Gasteiger partial charge in [0.05, 0.1) is 17.1 Å². The molecule has 8 nitrogen and oxygen atoms in total. The maximum Gasteiger partial charge on any atom is 0.511 e. The Hall–Kier alpha value is -2.58. The summed E-state index contributed by atoms with van der Waals surface area (Å²) >= 11 is 6.74. The molecule has 0 unspecified atom stereocenters. The van der Waals surface area contributed by atoms with Crippen molar-refractivity contribution in [2.75, 3.05) is 18.0 Å². The minimum atomic E-state index is -1.54. The molecule has 2 aliphatic rings. The van der Waals surface area contributed by atoms with E-state index in [9.17, 15) is 9.59 Å². The summed E-state index contributed by atoms with van der Waals surface area (Å²) in [5.74, 6) is 1.51. The predicted molar refractivity (Wildman–Crippen MR) is 111 cm³/mol. The lowest BCUT2D eigenvalue weighted by Gasteiger charge is -2.30. The van der Waals surface area contributed by atoms with Gasteiger partial charge >= 0.3 is 6.16 Å². The van der Waals surface area contributed by atoms with Crippen LogP contribution >= 0.6 is 11.6 Å². The number of nitrogens with two attached hydrogens (primary N) is 1. The van der Waals surface area contributed by atoms with Crippen LogP contribution in [0.1, 0.15) is 13.8 Å². The average molecular weight is 419 g/mol. The standard InChI is InChI=1S/C20H23ClN4O4/c1-3-24-9-15(29-20(27)28)18(26)11-6-23-19(16(21)17(11)24)25-7-12-10(2)4-5-14(22)13(12)8-25/h4-6,9-10,12-14H,3,7-8,22H2,1-2H3,(H,27,28)/t10-,12-,13-,14+/m0/s1. The SMILES string of the molecule is CCn1cc(OC(=O)O)c(=O)c2cnc(N3C[C@@H]4[C@H](C3)[C@H](N)C=C[C@@H]4C)c(Cl)c21. The molecule has 0 amide bonds. The van der Waals surface area contributed by atoms with Crippen LogP contribution < -0.4 is 20.8 Å². The molecule has 4 atom stereocenters. The summed E-state index contributed by atoms with van der Waals surface area (Å²) < 4.78 is 6.34. The van der Waals surface area contributed by atoms with E-state index in [-0.39, 0.29) is 17.2 Å². The third-order valence-electron chi connectivity index (χ3n) is 6.06. The van der Waals surface area contributed by atoms with E-state index in [0.29, 0.717) is 40.7 Å². The van der Waals surface area contributed by atoms with Gasteiger partial charge in [0.2, 0.25) is 5.43 Å². The molecule has 0 saturated carbocycles. The Morgan fingerprint density at radius 2 is 2.10 bits per heavy atom. The molecule has 154 valence electrons. The van der Waals surface area contributed by atoms with Gasteiger partial charge in [0, 0.05) is 37.8 Å². The zero-order valence-corrected chi connectivity index (χ0v) is 17.0. The van der Waals surface area contributed by atoms with Crippen molar-refractivity contribution in [3.8, 4) is 5.75 Å². The van der Waals surface area contributed by atoms with Crippen LogP contribution in [0.15, 0.2) is 29.3 Å². The van der Waals surface area contributed by atoms with Gasteiger partial charge in [-0.25, -0.2) is 9.78 Å². The van der Waals surface area contributed by atoms with E-state index in [2.05, 4.69) is 33.7 Å². The Kier molecular flexibility index (Phi) is 5.00. The third-order valence-corrected chi connectivity index (χ3v) is 6.41. The topological polar surface area (TPSA) is 111 Å². The Balaban J connectivity index is 1.79. The van der Waals surface area contributed by atoms with Crippen molar-refractivity contribution in [2.45, 2.75) is 26.4 Å². The van der Waals surface area contributed by atoms with E-state index < -0.39 is 11.6 Å². The number of nitrogens with zero attached hydrogens (tertiary/aromatic N) is 3. The number of anilines is 1. The summed E-state index contributed by atoms with van der Waals surface area (Å²) in [5.41, 5.74) is 6.27. The number of halogens is 1. The summed E-state index contributed by atoms with van der Waals surface area (Å²) in [7, 11) is 0. The van der Waals surface area contributed by atoms with Gasteiger partial charge in [-0.1, -0.05) is 30.7 Å². The highest BCUT2D eigenvalue weighted by atomic mass is 35.5. The lowest BCUT2D eigenvalue weighted by atomic mass is 9.77. The average Bonchev–Trinajstić information content (AvgIpc) is 3.13. The van der Waals surface area contributed by atoms with Gasteiger partial charge in [0.1, 0.15) is 10.8 Å². The lowest BCUT2D eigenvalue weighted by molar-refractivity contribution is 0.144. The van der Waals surface area contributed by atoms with Gasteiger partial charge < -0.3 is 25.0 Å². The molecule has 9 heteroatoms. The second-order valence-electron chi connectivity index (χ2n) is 7.69. The van der Waals surface area contributed by atoms with Crippen LogP contribution in [0, 0.1) is 17.8 Å². The van der Waals surface area contributed by atoms with Gasteiger partial charge in [-0.3, -0.25) is 4.79 Å². The molecule has 2 aromatic rings.